The predicted octanol–water partition coefficient (Wildman–Crippen LogP) is 2.34. The minimum Gasteiger partial charge on any atom is -0.481 e. The van der Waals surface area contributed by atoms with Crippen molar-refractivity contribution in [1.82, 2.24) is 0 Å². The van der Waals surface area contributed by atoms with E-state index in [9.17, 15) is 18.4 Å². The third kappa shape index (κ3) is 3.24. The molecule has 0 atom stereocenters. The number of aryl methyl sites for hydroxylation is 1. The summed E-state index contributed by atoms with van der Waals surface area (Å²) in [7, 11) is 0. The van der Waals surface area contributed by atoms with E-state index in [1.165, 1.54) is 12.1 Å². The van der Waals surface area contributed by atoms with Gasteiger partial charge in [-0.2, -0.15) is 0 Å². The van der Waals surface area contributed by atoms with Gasteiger partial charge in [0.25, 0.3) is 6.43 Å². The number of halogens is 2. The molecule has 4 nitrogen and oxygen atoms in total. The summed E-state index contributed by atoms with van der Waals surface area (Å²) in [5.74, 6) is -2.58. The molecule has 0 aliphatic carbocycles. The second-order valence-electron chi connectivity index (χ2n) is 3.38. The van der Waals surface area contributed by atoms with Crippen molar-refractivity contribution in [3.05, 3.63) is 34.9 Å². The Morgan fingerprint density at radius 2 is 1.88 bits per heavy atom. The molecule has 0 aliphatic rings. The Kier molecular flexibility index (Phi) is 4.14. The van der Waals surface area contributed by atoms with Gasteiger partial charge >= 0.3 is 11.9 Å². The summed E-state index contributed by atoms with van der Waals surface area (Å²) in [6, 6.07) is 3.67. The minimum absolute atomic E-state index is 0.0858. The first-order chi connectivity index (χ1) is 7.93. The maximum Gasteiger partial charge on any atom is 0.336 e. The molecule has 0 spiro atoms. The summed E-state index contributed by atoms with van der Waals surface area (Å²) >= 11 is 0. The zero-order valence-corrected chi connectivity index (χ0v) is 8.69. The molecule has 0 radical (unpaired) electrons. The smallest absolute Gasteiger partial charge is 0.336 e. The summed E-state index contributed by atoms with van der Waals surface area (Å²) in [6.45, 7) is 0. The Bertz CT molecular complexity index is 443. The Labute approximate surface area is 95.5 Å². The number of hydrogen-bond donors (Lipinski definition) is 2. The van der Waals surface area contributed by atoms with Crippen molar-refractivity contribution in [2.24, 2.45) is 0 Å². The maximum atomic E-state index is 12.6. The number of aromatic carboxylic acids is 1. The molecular formula is C11H10F2O4. The monoisotopic (exact) mass is 244 g/mol. The van der Waals surface area contributed by atoms with E-state index in [4.69, 9.17) is 10.2 Å². The molecule has 0 aliphatic heterocycles. The number of carbonyl (C=O) groups is 2. The molecule has 6 heteroatoms. The average molecular weight is 244 g/mol. The molecule has 2 N–H and O–H groups in total. The van der Waals surface area contributed by atoms with Gasteiger partial charge in [-0.25, -0.2) is 13.6 Å². The van der Waals surface area contributed by atoms with Crippen LogP contribution in [0.4, 0.5) is 8.78 Å². The van der Waals surface area contributed by atoms with E-state index in [-0.39, 0.29) is 18.4 Å². The number of hydrogen-bond acceptors (Lipinski definition) is 2. The molecule has 1 aromatic carbocycles. The van der Waals surface area contributed by atoms with Crippen molar-refractivity contribution >= 4 is 11.9 Å². The fourth-order valence-electron chi connectivity index (χ4n) is 1.51. The van der Waals surface area contributed by atoms with Crippen LogP contribution >= 0.6 is 0 Å². The van der Waals surface area contributed by atoms with Gasteiger partial charge < -0.3 is 10.2 Å². The molecule has 92 valence electrons. The van der Waals surface area contributed by atoms with E-state index in [0.29, 0.717) is 0 Å². The third-order valence-corrected chi connectivity index (χ3v) is 2.24. The lowest BCUT2D eigenvalue weighted by molar-refractivity contribution is -0.136. The number of carboxylic acid groups (broad SMARTS) is 2. The molecule has 0 heterocycles. The van der Waals surface area contributed by atoms with Crippen molar-refractivity contribution in [3.63, 3.8) is 0 Å². The van der Waals surface area contributed by atoms with Crippen LogP contribution in [0.2, 0.25) is 0 Å². The van der Waals surface area contributed by atoms with Crippen molar-refractivity contribution in [1.29, 1.82) is 0 Å². The van der Waals surface area contributed by atoms with E-state index >= 15 is 0 Å². The Morgan fingerprint density at radius 3 is 2.35 bits per heavy atom. The lowest BCUT2D eigenvalue weighted by Crippen LogP contribution is -2.09. The molecule has 0 saturated heterocycles. The highest BCUT2D eigenvalue weighted by Crippen LogP contribution is 2.26. The van der Waals surface area contributed by atoms with E-state index in [2.05, 4.69) is 0 Å². The minimum atomic E-state index is -2.90. The molecule has 17 heavy (non-hydrogen) atoms. The van der Waals surface area contributed by atoms with Crippen LogP contribution in [0.15, 0.2) is 18.2 Å². The van der Waals surface area contributed by atoms with Crippen LogP contribution < -0.4 is 0 Å². The van der Waals surface area contributed by atoms with Crippen LogP contribution in [-0.4, -0.2) is 22.2 Å². The van der Waals surface area contributed by atoms with Crippen molar-refractivity contribution in [3.8, 4) is 0 Å². The van der Waals surface area contributed by atoms with Gasteiger partial charge in [-0.3, -0.25) is 4.79 Å². The first-order valence-electron chi connectivity index (χ1n) is 4.78. The lowest BCUT2D eigenvalue weighted by Gasteiger charge is -2.10. The van der Waals surface area contributed by atoms with E-state index in [1.807, 2.05) is 0 Å². The Hall–Kier alpha value is -1.98. The second kappa shape index (κ2) is 5.38. The highest BCUT2D eigenvalue weighted by atomic mass is 19.3. The quantitative estimate of drug-likeness (QED) is 0.833. The van der Waals surface area contributed by atoms with Gasteiger partial charge in [-0.05, 0) is 12.0 Å². The summed E-state index contributed by atoms with van der Waals surface area (Å²) < 4.78 is 25.2. The molecule has 1 aromatic rings. The third-order valence-electron chi connectivity index (χ3n) is 2.24. The number of carboxylic acids is 2. The zero-order valence-electron chi connectivity index (χ0n) is 8.69. The molecule has 1 rings (SSSR count). The number of rotatable bonds is 5. The van der Waals surface area contributed by atoms with E-state index in [1.54, 1.807) is 0 Å². The van der Waals surface area contributed by atoms with Gasteiger partial charge in [0.1, 0.15) is 0 Å². The first kappa shape index (κ1) is 13.1. The number of benzene rings is 1. The summed E-state index contributed by atoms with van der Waals surface area (Å²) in [5.41, 5.74) is -0.971. The molecule has 0 saturated carbocycles. The Morgan fingerprint density at radius 1 is 1.24 bits per heavy atom. The molecule has 0 unspecified atom stereocenters. The van der Waals surface area contributed by atoms with Gasteiger partial charge in [-0.1, -0.05) is 18.2 Å². The van der Waals surface area contributed by atoms with Crippen LogP contribution in [-0.2, 0) is 11.2 Å². The summed E-state index contributed by atoms with van der Waals surface area (Å²) in [6.07, 6.45) is -3.28. The highest BCUT2D eigenvalue weighted by Gasteiger charge is 2.21. The SMILES string of the molecule is O=C(O)CCc1cccc(C(F)F)c1C(=O)O. The zero-order chi connectivity index (χ0) is 13.0. The first-order valence-corrected chi connectivity index (χ1v) is 4.78. The topological polar surface area (TPSA) is 74.6 Å². The van der Waals surface area contributed by atoms with E-state index < -0.39 is 29.5 Å². The van der Waals surface area contributed by atoms with Gasteiger partial charge in [0, 0.05) is 12.0 Å². The Balaban J connectivity index is 3.15. The van der Waals surface area contributed by atoms with Crippen molar-refractivity contribution in [2.75, 3.05) is 0 Å². The summed E-state index contributed by atoms with van der Waals surface area (Å²) in [4.78, 5) is 21.3. The van der Waals surface area contributed by atoms with E-state index in [0.717, 1.165) is 6.07 Å². The van der Waals surface area contributed by atoms with Crippen LogP contribution in [0, 0.1) is 0 Å². The molecule has 0 amide bonds. The molecular weight excluding hydrogens is 234 g/mol. The maximum absolute atomic E-state index is 12.6. The number of alkyl halides is 2. The van der Waals surface area contributed by atoms with Gasteiger partial charge in [0.05, 0.1) is 5.56 Å². The largest absolute Gasteiger partial charge is 0.481 e. The fourth-order valence-corrected chi connectivity index (χ4v) is 1.51. The van der Waals surface area contributed by atoms with Gasteiger partial charge in [-0.15, -0.1) is 0 Å². The molecule has 0 fully saturated rings. The predicted molar refractivity (Wildman–Crippen MR) is 54.3 cm³/mol. The van der Waals surface area contributed by atoms with Crippen LogP contribution in [0.25, 0.3) is 0 Å². The lowest BCUT2D eigenvalue weighted by atomic mass is 9.98. The molecule has 0 bridgehead atoms. The van der Waals surface area contributed by atoms with Crippen molar-refractivity contribution in [2.45, 2.75) is 19.3 Å². The average Bonchev–Trinajstić information content (AvgIpc) is 2.25. The van der Waals surface area contributed by atoms with Crippen molar-refractivity contribution < 1.29 is 28.6 Å². The van der Waals surface area contributed by atoms with Gasteiger partial charge in [0.15, 0.2) is 0 Å². The normalized spacial score (nSPS) is 10.5. The van der Waals surface area contributed by atoms with Gasteiger partial charge in [0.2, 0.25) is 0 Å². The second-order valence-corrected chi connectivity index (χ2v) is 3.38. The highest BCUT2D eigenvalue weighted by molar-refractivity contribution is 5.91. The number of aliphatic carboxylic acids is 1. The fraction of sp³-hybridized carbons (Fsp3) is 0.273. The molecule has 0 aromatic heterocycles. The van der Waals surface area contributed by atoms with Crippen LogP contribution in [0.3, 0.4) is 0 Å². The summed E-state index contributed by atoms with van der Waals surface area (Å²) in [5, 5.41) is 17.4. The van der Waals surface area contributed by atoms with Crippen LogP contribution in [0.5, 0.6) is 0 Å². The van der Waals surface area contributed by atoms with Crippen LogP contribution in [0.1, 0.15) is 34.3 Å². The standard InChI is InChI=1S/C11H10F2O4/c12-10(13)7-3-1-2-6(4-5-8(14)15)9(7)11(16)17/h1-3,10H,4-5H2,(H,14,15)(H,16,17).